The van der Waals surface area contributed by atoms with Gasteiger partial charge in [0, 0.05) is 103 Å². The van der Waals surface area contributed by atoms with Gasteiger partial charge >= 0.3 is 83.5 Å². The van der Waals surface area contributed by atoms with Crippen LogP contribution in [0.4, 0.5) is 0 Å². The van der Waals surface area contributed by atoms with E-state index < -0.39 is 75.2 Å². The van der Waals surface area contributed by atoms with Gasteiger partial charge in [-0.1, -0.05) is 125 Å². The van der Waals surface area contributed by atoms with Crippen LogP contribution >= 0.6 is 44.7 Å². The molecule has 0 aliphatic carbocycles. The van der Waals surface area contributed by atoms with Gasteiger partial charge in [0.1, 0.15) is 0 Å². The average molecular weight is 1970 g/mol. The molecule has 0 spiro atoms. The molecule has 12 N–H and O–H groups in total. The fourth-order valence-electron chi connectivity index (χ4n) is 6.91. The van der Waals surface area contributed by atoms with Crippen molar-refractivity contribution < 1.29 is 141 Å². The Labute approximate surface area is 727 Å². The first-order valence-corrected chi connectivity index (χ1v) is 45.0. The van der Waals surface area contributed by atoms with Crippen LogP contribution in [-0.4, -0.2) is 134 Å². The summed E-state index contributed by atoms with van der Waals surface area (Å²) < 4.78 is 75.8. The van der Waals surface area contributed by atoms with Crippen molar-refractivity contribution >= 4 is 44.7 Å². The number of nitrogens with zero attached hydrogens (tertiary/aromatic N) is 6. The molecular weight excluding hydrogens is 1820 g/mol. The summed E-state index contributed by atoms with van der Waals surface area (Å²) in [6.45, 7) is 84.3. The minimum atomic E-state index is -2.52. The van der Waals surface area contributed by atoms with E-state index in [4.69, 9.17) is 91.9 Å². The van der Waals surface area contributed by atoms with Gasteiger partial charge in [-0.2, -0.15) is 0 Å². The van der Waals surface area contributed by atoms with Crippen molar-refractivity contribution in [2.75, 3.05) is 0 Å². The zero-order chi connectivity index (χ0) is 90.9. The summed E-state index contributed by atoms with van der Waals surface area (Å²) in [5.74, 6) is 0. The number of rotatable bonds is 24. The summed E-state index contributed by atoms with van der Waals surface area (Å²) in [5.41, 5.74) is 0. The molecule has 0 saturated heterocycles. The summed E-state index contributed by atoms with van der Waals surface area (Å²) in [5, 5.41) is 125. The molecule has 0 atom stereocenters. The second kappa shape index (κ2) is 65.8. The van der Waals surface area contributed by atoms with Gasteiger partial charge in [-0.05, 0) is 166 Å². The molecule has 50 heteroatoms. The predicted molar refractivity (Wildman–Crippen MR) is 446 cm³/mol. The van der Waals surface area contributed by atoms with Gasteiger partial charge in [-0.3, -0.25) is 88.4 Å². The maximum Gasteiger partial charge on any atom is 3.00 e. The maximum absolute atomic E-state index is 12.6. The number of hydrogen-bond donors (Lipinski definition) is 12. The van der Waals surface area contributed by atoms with Gasteiger partial charge in [-0.25, -0.2) is 0 Å². The van der Waals surface area contributed by atoms with E-state index in [0.29, 0.717) is 0 Å². The Morgan fingerprint density at radius 2 is 0.209 bits per heavy atom. The van der Waals surface area contributed by atoms with Crippen LogP contribution in [0.25, 0.3) is 0 Å². The van der Waals surface area contributed by atoms with Crippen LogP contribution in [-0.2, 0) is 27.4 Å². The predicted octanol–water partition coefficient (Wildman–Crippen LogP) is 16.4. The SMILES string of the molecule is CC(C)NP(=O)(NC(C)C)C(C)(C)C.CC(C)NP(=O)(NC(C)C)C(C)(C)C.CC(C)NP(=O)(NC(C)C)C(C)(C)C.CC(C)NP(=O)(NC(C)C)C(C)(C)C.CC(C)NP(=O)(NC(C)C)C(C)(C)C.CC(C)NP(=O)(NC(C)C)C(C)(C)C.O=[N+]([O-])[O-].O=[N+]([O-])[O-].O=[N+]([O-])[O-].O=[N+]([O-])[O-].O=[N+]([O-])[O-].O=[N+]([O-])[O-].[Ce+3].[Ce+3]. The largest absolute Gasteiger partial charge is 3.00 e. The fraction of sp³-hybridized carbons (Fsp3) is 1.00. The van der Waals surface area contributed by atoms with Gasteiger partial charge in [-0.15, -0.1) is 0 Å². The smallest absolute Gasteiger partial charge is 0.356 e. The van der Waals surface area contributed by atoms with E-state index in [1.54, 1.807) is 0 Å². The molecule has 0 amide bonds. The second-order valence-corrected chi connectivity index (χ2v) is 51.9. The molecule has 0 rings (SSSR count). The average Bonchev–Trinajstić information content (AvgIpc) is 0.863. The molecule has 0 aromatic rings. The number of hydrogen-bond acceptors (Lipinski definition) is 24. The van der Waals surface area contributed by atoms with Gasteiger partial charge in [0.15, 0.2) is 0 Å². The first kappa shape index (κ1) is 141. The van der Waals surface area contributed by atoms with Crippen LogP contribution in [0.15, 0.2) is 0 Å². The summed E-state index contributed by atoms with van der Waals surface area (Å²) in [6.07, 6.45) is 0. The Balaban J connectivity index is -0.0000000786. The molecule has 0 aliphatic rings. The minimum absolute atomic E-state index is 0. The van der Waals surface area contributed by atoms with Crippen molar-refractivity contribution in [1.82, 2.24) is 61.0 Å². The third kappa shape index (κ3) is 94.0. The van der Waals surface area contributed by atoms with E-state index in [-0.39, 0.29) is 187 Å². The van der Waals surface area contributed by atoms with Crippen molar-refractivity contribution in [3.8, 4) is 0 Å². The van der Waals surface area contributed by atoms with Gasteiger partial charge in [0.2, 0.25) is 44.7 Å². The van der Waals surface area contributed by atoms with E-state index in [0.717, 1.165) is 0 Å². The second-order valence-electron chi connectivity index (χ2n) is 33.4. The standard InChI is InChI=1S/6C10H25N2OP.2Ce.6NO3/c6*1-8(2)11-14(13,10(5,6)7)12-9(3)4;;;6*2-1(3)4/h6*8-9H,1-7H3,(H2,11,12,13);;;;;;;;/q;;;;;;2*+3;6*-1. The Bertz CT molecular complexity index is 2170. The zero-order valence-electron chi connectivity index (χ0n) is 74.1. The maximum atomic E-state index is 12.6. The van der Waals surface area contributed by atoms with Crippen molar-refractivity contribution in [3.63, 3.8) is 0 Å². The van der Waals surface area contributed by atoms with E-state index in [2.05, 4.69) is 61.0 Å². The Kier molecular flexibility index (Phi) is 84.1. The molecule has 0 aliphatic heterocycles. The van der Waals surface area contributed by atoms with Crippen LogP contribution in [0, 0.1) is 175 Å². The molecule has 0 heterocycles. The summed E-state index contributed by atoms with van der Waals surface area (Å²) in [4.78, 5) is 49.5. The molecule has 0 saturated carbocycles. The quantitative estimate of drug-likeness (QED) is 0.0243. The molecule has 0 bridgehead atoms. The molecule has 110 heavy (non-hydrogen) atoms. The molecule has 0 aromatic heterocycles. The van der Waals surface area contributed by atoms with Crippen molar-refractivity contribution in [2.45, 2.75) is 394 Å². The van der Waals surface area contributed by atoms with Crippen LogP contribution in [0.5, 0.6) is 0 Å². The molecule has 0 aromatic carbocycles. The number of nitrogens with one attached hydrogen (secondary N) is 12. The molecular formula is C60H150Ce2N18O24P6. The topological polar surface area (TPSA) is 644 Å². The third-order valence-corrected chi connectivity index (χ3v) is 32.8. The van der Waals surface area contributed by atoms with Crippen LogP contribution in [0.3, 0.4) is 0 Å². The van der Waals surface area contributed by atoms with E-state index in [1.165, 1.54) is 0 Å². The van der Waals surface area contributed by atoms with Gasteiger partial charge in [0.05, 0.1) is 30.5 Å². The van der Waals surface area contributed by atoms with Crippen molar-refractivity contribution in [2.24, 2.45) is 0 Å². The molecule has 0 fully saturated rings. The van der Waals surface area contributed by atoms with Gasteiger partial charge < -0.3 is 91.9 Å². The van der Waals surface area contributed by atoms with Crippen molar-refractivity contribution in [1.29, 1.82) is 0 Å². The van der Waals surface area contributed by atoms with Crippen LogP contribution in [0.2, 0.25) is 0 Å². The summed E-state index contributed by atoms with van der Waals surface area (Å²) in [7, 11) is -15.1. The first-order valence-electron chi connectivity index (χ1n) is 34.7. The van der Waals surface area contributed by atoms with Crippen LogP contribution < -0.4 is 61.0 Å². The van der Waals surface area contributed by atoms with E-state index in [9.17, 15) is 27.4 Å². The molecule has 0 unspecified atom stereocenters. The normalized spacial score (nSPS) is 12.1. The first-order chi connectivity index (χ1) is 46.9. The Morgan fingerprint density at radius 1 is 0.173 bits per heavy atom. The van der Waals surface area contributed by atoms with E-state index >= 15 is 0 Å². The van der Waals surface area contributed by atoms with E-state index in [1.807, 2.05) is 291 Å². The monoisotopic (exact) mass is 1970 g/mol. The Hall–Kier alpha value is -1.15. The molecule has 2 radical (unpaired) electrons. The summed E-state index contributed by atoms with van der Waals surface area (Å²) in [6, 6.07) is 2.74. The summed E-state index contributed by atoms with van der Waals surface area (Å²) >= 11 is 0. The molecule has 42 nitrogen and oxygen atoms in total. The minimum Gasteiger partial charge on any atom is -0.356 e. The zero-order valence-corrected chi connectivity index (χ0v) is 85.7. The van der Waals surface area contributed by atoms with Crippen molar-refractivity contribution in [3.05, 3.63) is 91.9 Å². The van der Waals surface area contributed by atoms with Gasteiger partial charge in [0.25, 0.3) is 0 Å². The fourth-order valence-corrected chi connectivity index (χ4v) is 20.7. The third-order valence-electron chi connectivity index (χ3n) is 10.9. The molecule has 662 valence electrons. The van der Waals surface area contributed by atoms with Crippen LogP contribution in [0.1, 0.15) is 291 Å². The Morgan fingerprint density at radius 3 is 0.227 bits per heavy atom.